The maximum atomic E-state index is 6.07. The van der Waals surface area contributed by atoms with Gasteiger partial charge < -0.3 is 10.5 Å². The lowest BCUT2D eigenvalue weighted by Gasteiger charge is -2.19. The maximum Gasteiger partial charge on any atom is 0.125 e. The maximum absolute atomic E-state index is 6.07. The number of halogens is 1. The summed E-state index contributed by atoms with van der Waals surface area (Å²) < 4.78 is 5.45. The molecule has 1 aromatic carbocycles. The van der Waals surface area contributed by atoms with Crippen LogP contribution in [0.1, 0.15) is 24.0 Å². The molecule has 0 amide bonds. The number of nitrogens with two attached hydrogens (primary N) is 1. The summed E-state index contributed by atoms with van der Waals surface area (Å²) in [5, 5.41) is 0.767. The molecule has 2 N–H and O–H groups in total. The molecule has 0 spiro atoms. The normalized spacial score (nSPS) is 17.6. The molecule has 0 heterocycles. The molecule has 1 aromatic rings. The summed E-state index contributed by atoms with van der Waals surface area (Å²) in [5.41, 5.74) is 8.21. The highest BCUT2D eigenvalue weighted by Crippen LogP contribution is 2.51. The average Bonchev–Trinajstić information content (AvgIpc) is 2.97. The van der Waals surface area contributed by atoms with Crippen LogP contribution >= 0.6 is 11.6 Å². The van der Waals surface area contributed by atoms with Gasteiger partial charge in [0.15, 0.2) is 0 Å². The lowest BCUT2D eigenvalue weighted by atomic mass is 9.93. The lowest BCUT2D eigenvalue weighted by Crippen LogP contribution is -2.20. The van der Waals surface area contributed by atoms with Crippen LogP contribution in [0.2, 0.25) is 5.02 Å². The van der Waals surface area contributed by atoms with Crippen LogP contribution < -0.4 is 10.5 Å². The van der Waals surface area contributed by atoms with Crippen molar-refractivity contribution in [2.75, 3.05) is 13.7 Å². The summed E-state index contributed by atoms with van der Waals surface area (Å²) in [5.74, 6) is 0.947. The van der Waals surface area contributed by atoms with Gasteiger partial charge in [-0.1, -0.05) is 11.6 Å². The van der Waals surface area contributed by atoms with Crippen molar-refractivity contribution in [3.63, 3.8) is 0 Å². The van der Waals surface area contributed by atoms with Crippen molar-refractivity contribution in [2.24, 2.45) is 5.73 Å². The van der Waals surface area contributed by atoms with Crippen LogP contribution in [0.4, 0.5) is 0 Å². The second-order valence-electron chi connectivity index (χ2n) is 4.29. The predicted molar refractivity (Wildman–Crippen MR) is 62.7 cm³/mol. The van der Waals surface area contributed by atoms with Crippen LogP contribution in [-0.2, 0) is 5.41 Å². The molecule has 1 saturated carbocycles. The predicted octanol–water partition coefficient (Wildman–Crippen LogP) is 2.65. The first-order chi connectivity index (χ1) is 7.13. The lowest BCUT2D eigenvalue weighted by molar-refractivity contribution is 0.401. The molecule has 2 rings (SSSR count). The zero-order valence-corrected chi connectivity index (χ0v) is 9.90. The van der Waals surface area contributed by atoms with E-state index in [4.69, 9.17) is 22.1 Å². The number of benzene rings is 1. The van der Waals surface area contributed by atoms with Crippen LogP contribution in [0.3, 0.4) is 0 Å². The second kappa shape index (κ2) is 3.69. The Hall–Kier alpha value is -0.730. The number of ether oxygens (including phenoxy) is 1. The molecule has 0 atom stereocenters. The van der Waals surface area contributed by atoms with Gasteiger partial charge in [-0.25, -0.2) is 0 Å². The van der Waals surface area contributed by atoms with Crippen LogP contribution in [0, 0.1) is 6.92 Å². The smallest absolute Gasteiger partial charge is 0.125 e. The molecule has 82 valence electrons. The van der Waals surface area contributed by atoms with E-state index in [-0.39, 0.29) is 5.41 Å². The summed E-state index contributed by atoms with van der Waals surface area (Å²) in [7, 11) is 1.70. The van der Waals surface area contributed by atoms with Crippen molar-refractivity contribution in [3.8, 4) is 5.75 Å². The summed E-state index contributed by atoms with van der Waals surface area (Å²) in [6.07, 6.45) is 2.28. The van der Waals surface area contributed by atoms with Crippen LogP contribution in [0.5, 0.6) is 5.75 Å². The van der Waals surface area contributed by atoms with E-state index in [1.807, 2.05) is 19.1 Å². The van der Waals surface area contributed by atoms with Gasteiger partial charge >= 0.3 is 0 Å². The largest absolute Gasteiger partial charge is 0.496 e. The van der Waals surface area contributed by atoms with Crippen molar-refractivity contribution in [1.82, 2.24) is 0 Å². The fraction of sp³-hybridized carbons (Fsp3) is 0.500. The molecule has 2 nitrogen and oxygen atoms in total. The summed E-state index contributed by atoms with van der Waals surface area (Å²) in [6.45, 7) is 2.68. The standard InChI is InChI=1S/C12H16ClNO/c1-8-5-9(13)6-10(11(8)15-2)12(7-14)3-4-12/h5-6H,3-4,7,14H2,1-2H3. The summed E-state index contributed by atoms with van der Waals surface area (Å²) in [6, 6.07) is 3.92. The Labute approximate surface area is 95.4 Å². The van der Waals surface area contributed by atoms with Gasteiger partial charge in [-0.2, -0.15) is 0 Å². The quantitative estimate of drug-likeness (QED) is 0.859. The van der Waals surface area contributed by atoms with Gasteiger partial charge in [0.1, 0.15) is 5.75 Å². The van der Waals surface area contributed by atoms with E-state index in [0.29, 0.717) is 6.54 Å². The number of methoxy groups -OCH3 is 1. The minimum Gasteiger partial charge on any atom is -0.496 e. The molecule has 0 aliphatic heterocycles. The molecule has 1 aliphatic carbocycles. The summed E-state index contributed by atoms with van der Waals surface area (Å²) in [4.78, 5) is 0. The van der Waals surface area contributed by atoms with Gasteiger partial charge in [-0.15, -0.1) is 0 Å². The monoisotopic (exact) mass is 225 g/mol. The van der Waals surface area contributed by atoms with E-state index in [0.717, 1.165) is 29.2 Å². The fourth-order valence-corrected chi connectivity index (χ4v) is 2.40. The molecule has 15 heavy (non-hydrogen) atoms. The molecule has 1 fully saturated rings. The van der Waals surface area contributed by atoms with Crippen LogP contribution in [-0.4, -0.2) is 13.7 Å². The third-order valence-corrected chi connectivity index (χ3v) is 3.48. The third-order valence-electron chi connectivity index (χ3n) is 3.26. The van der Waals surface area contributed by atoms with E-state index in [9.17, 15) is 0 Å². The zero-order valence-electron chi connectivity index (χ0n) is 9.14. The van der Waals surface area contributed by atoms with Gasteiger partial charge in [0.2, 0.25) is 0 Å². The molecule has 1 aliphatic rings. The molecular weight excluding hydrogens is 210 g/mol. The Morgan fingerprint density at radius 1 is 1.47 bits per heavy atom. The SMILES string of the molecule is COc1c(C)cc(Cl)cc1C1(CN)CC1. The van der Waals surface area contributed by atoms with Crippen LogP contribution in [0.15, 0.2) is 12.1 Å². The van der Waals surface area contributed by atoms with Gasteiger partial charge in [-0.3, -0.25) is 0 Å². The first kappa shape index (κ1) is 10.8. The van der Waals surface area contributed by atoms with Crippen molar-refractivity contribution >= 4 is 11.6 Å². The Morgan fingerprint density at radius 3 is 2.60 bits per heavy atom. The number of hydrogen-bond acceptors (Lipinski definition) is 2. The second-order valence-corrected chi connectivity index (χ2v) is 4.72. The van der Waals surface area contributed by atoms with E-state index in [2.05, 4.69) is 0 Å². The van der Waals surface area contributed by atoms with E-state index < -0.39 is 0 Å². The Balaban J connectivity index is 2.54. The molecule has 0 saturated heterocycles. The summed E-state index contributed by atoms with van der Waals surface area (Å²) >= 11 is 6.07. The number of aryl methyl sites for hydroxylation is 1. The molecule has 0 radical (unpaired) electrons. The Morgan fingerprint density at radius 2 is 2.13 bits per heavy atom. The van der Waals surface area contributed by atoms with Gasteiger partial charge in [-0.05, 0) is 37.5 Å². The average molecular weight is 226 g/mol. The number of rotatable bonds is 3. The van der Waals surface area contributed by atoms with Crippen LogP contribution in [0.25, 0.3) is 0 Å². The Kier molecular flexibility index (Phi) is 2.65. The minimum atomic E-state index is 0.126. The van der Waals surface area contributed by atoms with Crippen molar-refractivity contribution < 1.29 is 4.74 Å². The number of hydrogen-bond donors (Lipinski definition) is 1. The third kappa shape index (κ3) is 1.72. The minimum absolute atomic E-state index is 0.126. The molecule has 0 aromatic heterocycles. The van der Waals surface area contributed by atoms with Crippen molar-refractivity contribution in [3.05, 3.63) is 28.3 Å². The molecule has 0 bridgehead atoms. The highest BCUT2D eigenvalue weighted by molar-refractivity contribution is 6.30. The van der Waals surface area contributed by atoms with E-state index in [1.165, 1.54) is 5.56 Å². The topological polar surface area (TPSA) is 35.2 Å². The highest BCUT2D eigenvalue weighted by atomic mass is 35.5. The molecule has 0 unspecified atom stereocenters. The zero-order chi connectivity index (χ0) is 11.1. The molecule has 3 heteroatoms. The first-order valence-corrected chi connectivity index (χ1v) is 5.55. The fourth-order valence-electron chi connectivity index (χ4n) is 2.13. The molecular formula is C12H16ClNO. The van der Waals surface area contributed by atoms with E-state index >= 15 is 0 Å². The van der Waals surface area contributed by atoms with Crippen molar-refractivity contribution in [1.29, 1.82) is 0 Å². The highest BCUT2D eigenvalue weighted by Gasteiger charge is 2.45. The first-order valence-electron chi connectivity index (χ1n) is 5.17. The van der Waals surface area contributed by atoms with Gasteiger partial charge in [0.05, 0.1) is 7.11 Å². The van der Waals surface area contributed by atoms with E-state index in [1.54, 1.807) is 7.11 Å². The Bertz CT molecular complexity index is 385. The van der Waals surface area contributed by atoms with Crippen molar-refractivity contribution in [2.45, 2.75) is 25.2 Å². The van der Waals surface area contributed by atoms with Gasteiger partial charge in [0.25, 0.3) is 0 Å². The van der Waals surface area contributed by atoms with Gasteiger partial charge in [0, 0.05) is 22.5 Å².